The number of amides is 1. The summed E-state index contributed by atoms with van der Waals surface area (Å²) in [6, 6.07) is 7.95. The van der Waals surface area contributed by atoms with Gasteiger partial charge >= 0.3 is 5.97 Å². The molecule has 116 valence electrons. The molecule has 6 nitrogen and oxygen atoms in total. The number of carboxylic acid groups (broad SMARTS) is 1. The van der Waals surface area contributed by atoms with Crippen molar-refractivity contribution in [3.8, 4) is 11.5 Å². The van der Waals surface area contributed by atoms with Gasteiger partial charge in [-0.3, -0.25) is 4.79 Å². The molecule has 0 fully saturated rings. The second-order valence-corrected chi connectivity index (χ2v) is 4.78. The van der Waals surface area contributed by atoms with Gasteiger partial charge in [-0.25, -0.2) is 4.79 Å². The lowest BCUT2D eigenvalue weighted by Gasteiger charge is -2.17. The first kappa shape index (κ1) is 15.6. The van der Waals surface area contributed by atoms with Crippen molar-refractivity contribution in [3.05, 3.63) is 35.9 Å². The van der Waals surface area contributed by atoms with Gasteiger partial charge in [-0.15, -0.1) is 0 Å². The molecule has 0 bridgehead atoms. The number of carbonyl (C=O) groups is 2. The van der Waals surface area contributed by atoms with Gasteiger partial charge in [-0.1, -0.05) is 24.3 Å². The first-order chi connectivity index (χ1) is 10.5. The van der Waals surface area contributed by atoms with Crippen molar-refractivity contribution in [2.24, 2.45) is 0 Å². The van der Waals surface area contributed by atoms with E-state index in [0.29, 0.717) is 17.3 Å². The minimum atomic E-state index is -1.27. The molecule has 1 unspecified atom stereocenters. The minimum Gasteiger partial charge on any atom is -0.506 e. The van der Waals surface area contributed by atoms with Crippen molar-refractivity contribution < 1.29 is 24.5 Å². The third kappa shape index (κ3) is 2.95. The Balaban J connectivity index is 2.51. The number of hydrogen-bond acceptors (Lipinski definition) is 4. The highest BCUT2D eigenvalue weighted by molar-refractivity contribution is 6.03. The second kappa shape index (κ2) is 6.34. The number of aromatic hydroxyl groups is 1. The minimum absolute atomic E-state index is 0.240. The SMILES string of the molecule is CCNC(=O)C(C)Oc1cc(C(=O)O)c(O)c2ccccc12. The monoisotopic (exact) mass is 303 g/mol. The number of carboxylic acids is 1. The van der Waals surface area contributed by atoms with Crippen molar-refractivity contribution in [3.63, 3.8) is 0 Å². The summed E-state index contributed by atoms with van der Waals surface area (Å²) >= 11 is 0. The van der Waals surface area contributed by atoms with E-state index in [2.05, 4.69) is 5.32 Å². The van der Waals surface area contributed by atoms with Crippen LogP contribution in [0, 0.1) is 0 Å². The van der Waals surface area contributed by atoms with E-state index in [1.807, 2.05) is 0 Å². The van der Waals surface area contributed by atoms with Crippen LogP contribution in [0.1, 0.15) is 24.2 Å². The first-order valence-electron chi connectivity index (χ1n) is 6.88. The van der Waals surface area contributed by atoms with Crippen LogP contribution in [0.4, 0.5) is 0 Å². The Kier molecular flexibility index (Phi) is 4.50. The highest BCUT2D eigenvalue weighted by Gasteiger charge is 2.20. The zero-order chi connectivity index (χ0) is 16.3. The van der Waals surface area contributed by atoms with Crippen LogP contribution in [0.25, 0.3) is 10.8 Å². The molecule has 2 aromatic rings. The molecule has 0 saturated carbocycles. The fourth-order valence-corrected chi connectivity index (χ4v) is 2.15. The molecule has 0 spiro atoms. The summed E-state index contributed by atoms with van der Waals surface area (Å²) in [6.07, 6.45) is -0.783. The molecule has 22 heavy (non-hydrogen) atoms. The van der Waals surface area contributed by atoms with Gasteiger partial charge < -0.3 is 20.3 Å². The maximum Gasteiger partial charge on any atom is 0.339 e. The van der Waals surface area contributed by atoms with Gasteiger partial charge in [0, 0.05) is 17.3 Å². The van der Waals surface area contributed by atoms with E-state index >= 15 is 0 Å². The van der Waals surface area contributed by atoms with E-state index in [9.17, 15) is 19.8 Å². The quantitative estimate of drug-likeness (QED) is 0.786. The van der Waals surface area contributed by atoms with Crippen molar-refractivity contribution in [1.82, 2.24) is 5.32 Å². The topological polar surface area (TPSA) is 95.9 Å². The van der Waals surface area contributed by atoms with E-state index in [1.54, 1.807) is 38.1 Å². The van der Waals surface area contributed by atoms with Crippen molar-refractivity contribution in [2.75, 3.05) is 6.54 Å². The van der Waals surface area contributed by atoms with Crippen molar-refractivity contribution >= 4 is 22.6 Å². The molecule has 3 N–H and O–H groups in total. The third-order valence-electron chi connectivity index (χ3n) is 3.23. The molecule has 0 saturated heterocycles. The van der Waals surface area contributed by atoms with E-state index in [0.717, 1.165) is 0 Å². The maximum absolute atomic E-state index is 11.8. The van der Waals surface area contributed by atoms with E-state index in [1.165, 1.54) is 6.07 Å². The number of aromatic carboxylic acids is 1. The number of ether oxygens (including phenoxy) is 1. The third-order valence-corrected chi connectivity index (χ3v) is 3.23. The Hall–Kier alpha value is -2.76. The van der Waals surface area contributed by atoms with Gasteiger partial charge in [-0.05, 0) is 19.9 Å². The number of rotatable bonds is 5. The maximum atomic E-state index is 11.8. The zero-order valence-corrected chi connectivity index (χ0v) is 12.3. The summed E-state index contributed by atoms with van der Waals surface area (Å²) in [7, 11) is 0. The molecule has 0 aliphatic rings. The van der Waals surface area contributed by atoms with Crippen LogP contribution in [-0.4, -0.2) is 34.7 Å². The Morgan fingerprint density at radius 3 is 2.50 bits per heavy atom. The number of fused-ring (bicyclic) bond motifs is 1. The number of benzene rings is 2. The number of nitrogens with one attached hydrogen (secondary N) is 1. The lowest BCUT2D eigenvalue weighted by molar-refractivity contribution is -0.127. The van der Waals surface area contributed by atoms with Gasteiger partial charge in [0.15, 0.2) is 6.10 Å². The molecule has 6 heteroatoms. The second-order valence-electron chi connectivity index (χ2n) is 4.78. The predicted molar refractivity (Wildman–Crippen MR) is 81.3 cm³/mol. The molecule has 0 aliphatic carbocycles. The number of hydrogen-bond donors (Lipinski definition) is 3. The van der Waals surface area contributed by atoms with Crippen LogP contribution < -0.4 is 10.1 Å². The predicted octanol–water partition coefficient (Wildman–Crippen LogP) is 2.15. The van der Waals surface area contributed by atoms with Crippen LogP contribution in [0.15, 0.2) is 30.3 Å². The van der Waals surface area contributed by atoms with E-state index < -0.39 is 12.1 Å². The molecule has 2 rings (SSSR count). The van der Waals surface area contributed by atoms with Crippen LogP contribution in [-0.2, 0) is 4.79 Å². The number of phenols is 1. The molecule has 1 amide bonds. The normalized spacial score (nSPS) is 11.9. The molecule has 0 aliphatic heterocycles. The Bertz CT molecular complexity index is 726. The standard InChI is InChI=1S/C16H17NO5/c1-3-17-15(19)9(2)22-13-8-12(16(20)21)14(18)11-7-5-4-6-10(11)13/h4-9,18H,3H2,1-2H3,(H,17,19)(H,20,21). The summed E-state index contributed by atoms with van der Waals surface area (Å²) in [5.74, 6) is -1.64. The van der Waals surface area contributed by atoms with Gasteiger partial charge in [0.25, 0.3) is 5.91 Å². The summed E-state index contributed by atoms with van der Waals surface area (Å²) < 4.78 is 5.60. The summed E-state index contributed by atoms with van der Waals surface area (Å²) in [5, 5.41) is 22.8. The van der Waals surface area contributed by atoms with Gasteiger partial charge in [0.2, 0.25) is 0 Å². The average Bonchev–Trinajstić information content (AvgIpc) is 2.50. The highest BCUT2D eigenvalue weighted by Crippen LogP contribution is 2.36. The van der Waals surface area contributed by atoms with E-state index in [-0.39, 0.29) is 23.0 Å². The van der Waals surface area contributed by atoms with Gasteiger partial charge in [0.1, 0.15) is 17.1 Å². The molecule has 0 heterocycles. The summed E-state index contributed by atoms with van der Waals surface area (Å²) in [6.45, 7) is 3.85. The summed E-state index contributed by atoms with van der Waals surface area (Å²) in [4.78, 5) is 23.0. The van der Waals surface area contributed by atoms with Gasteiger partial charge in [-0.2, -0.15) is 0 Å². The van der Waals surface area contributed by atoms with Crippen LogP contribution in [0.5, 0.6) is 11.5 Å². The Morgan fingerprint density at radius 2 is 1.91 bits per heavy atom. The van der Waals surface area contributed by atoms with E-state index in [4.69, 9.17) is 4.74 Å². The molecule has 2 aromatic carbocycles. The fourth-order valence-electron chi connectivity index (χ4n) is 2.15. The Morgan fingerprint density at radius 1 is 1.27 bits per heavy atom. The first-order valence-corrected chi connectivity index (χ1v) is 6.88. The molecular formula is C16H17NO5. The van der Waals surface area contributed by atoms with Crippen LogP contribution in [0.2, 0.25) is 0 Å². The Labute approximate surface area is 127 Å². The largest absolute Gasteiger partial charge is 0.506 e. The average molecular weight is 303 g/mol. The van der Waals surface area contributed by atoms with Crippen LogP contribution in [0.3, 0.4) is 0 Å². The number of carbonyl (C=O) groups excluding carboxylic acids is 1. The van der Waals surface area contributed by atoms with Gasteiger partial charge in [0.05, 0.1) is 0 Å². The molecule has 1 atom stereocenters. The highest BCUT2D eigenvalue weighted by atomic mass is 16.5. The summed E-state index contributed by atoms with van der Waals surface area (Å²) in [5.41, 5.74) is -0.267. The van der Waals surface area contributed by atoms with Crippen LogP contribution >= 0.6 is 0 Å². The lowest BCUT2D eigenvalue weighted by Crippen LogP contribution is -2.36. The number of likely N-dealkylation sites (N-methyl/N-ethyl adjacent to an activating group) is 1. The smallest absolute Gasteiger partial charge is 0.339 e. The van der Waals surface area contributed by atoms with Crippen molar-refractivity contribution in [1.29, 1.82) is 0 Å². The fraction of sp³-hybridized carbons (Fsp3) is 0.250. The molecular weight excluding hydrogens is 286 g/mol. The molecule has 0 aromatic heterocycles. The lowest BCUT2D eigenvalue weighted by atomic mass is 10.0. The van der Waals surface area contributed by atoms with Crippen molar-refractivity contribution in [2.45, 2.75) is 20.0 Å². The molecule has 0 radical (unpaired) electrons. The zero-order valence-electron chi connectivity index (χ0n) is 12.3.